The van der Waals surface area contributed by atoms with Crippen LogP contribution in [-0.2, 0) is 24.9 Å². The Morgan fingerprint density at radius 1 is 1.26 bits per heavy atom. The highest BCUT2D eigenvalue weighted by Gasteiger charge is 2.23. The molecule has 12 nitrogen and oxygen atoms in total. The second kappa shape index (κ2) is 8.70. The summed E-state index contributed by atoms with van der Waals surface area (Å²) in [5, 5.41) is 4.34. The van der Waals surface area contributed by atoms with Gasteiger partial charge >= 0.3 is 11.7 Å². The third-order valence-electron chi connectivity index (χ3n) is 5.78. The van der Waals surface area contributed by atoms with Crippen LogP contribution in [0.15, 0.2) is 43.0 Å². The molecular formula is C23H22N6O6. The molecule has 0 aromatic carbocycles. The number of nitrogens with one attached hydrogen (secondary N) is 1. The average molecular weight is 478 g/mol. The minimum Gasteiger partial charge on any atom is -0.463 e. The predicted octanol–water partition coefficient (Wildman–Crippen LogP) is 2.69. The molecule has 0 saturated carbocycles. The van der Waals surface area contributed by atoms with E-state index in [0.717, 1.165) is 12.8 Å². The van der Waals surface area contributed by atoms with Crippen molar-refractivity contribution in [3.8, 4) is 11.5 Å². The summed E-state index contributed by atoms with van der Waals surface area (Å²) in [6.45, 7) is 3.89. The van der Waals surface area contributed by atoms with Crippen molar-refractivity contribution in [3.05, 3.63) is 62.4 Å². The number of aromatic amines is 1. The maximum Gasteiger partial charge on any atom is 0.339 e. The lowest BCUT2D eigenvalue weighted by Crippen LogP contribution is -2.31. The van der Waals surface area contributed by atoms with Crippen molar-refractivity contribution >= 4 is 28.2 Å². The Hall–Kier alpha value is -4.48. The number of carbonyl (C=O) groups excluding carboxylic acids is 1. The van der Waals surface area contributed by atoms with Gasteiger partial charge in [-0.1, -0.05) is 18.5 Å². The molecule has 0 spiro atoms. The van der Waals surface area contributed by atoms with Gasteiger partial charge in [-0.05, 0) is 31.5 Å². The van der Waals surface area contributed by atoms with Gasteiger partial charge in [-0.25, -0.2) is 19.6 Å². The van der Waals surface area contributed by atoms with Gasteiger partial charge in [0.1, 0.15) is 18.1 Å². The molecule has 0 radical (unpaired) electrons. The number of aromatic nitrogens is 6. The quantitative estimate of drug-likeness (QED) is 0.348. The van der Waals surface area contributed by atoms with Gasteiger partial charge in [0.2, 0.25) is 0 Å². The van der Waals surface area contributed by atoms with Crippen LogP contribution in [-0.4, -0.2) is 35.2 Å². The van der Waals surface area contributed by atoms with Crippen molar-refractivity contribution in [2.75, 3.05) is 0 Å². The molecule has 0 atom stereocenters. The van der Waals surface area contributed by atoms with Crippen molar-refractivity contribution in [3.63, 3.8) is 0 Å². The number of pyridine rings is 1. The molecule has 0 aliphatic rings. The fourth-order valence-corrected chi connectivity index (χ4v) is 3.96. The van der Waals surface area contributed by atoms with Gasteiger partial charge in [0.05, 0.1) is 22.9 Å². The van der Waals surface area contributed by atoms with Crippen LogP contribution < -0.4 is 11.2 Å². The number of rotatable bonds is 7. The Morgan fingerprint density at radius 2 is 2.09 bits per heavy atom. The molecule has 180 valence electrons. The van der Waals surface area contributed by atoms with Gasteiger partial charge < -0.3 is 18.2 Å². The van der Waals surface area contributed by atoms with Gasteiger partial charge in [-0.2, -0.15) is 0 Å². The molecule has 0 fully saturated rings. The Balaban J connectivity index is 1.50. The van der Waals surface area contributed by atoms with E-state index in [4.69, 9.17) is 13.7 Å². The molecule has 0 saturated heterocycles. The summed E-state index contributed by atoms with van der Waals surface area (Å²) in [4.78, 5) is 49.1. The molecule has 0 aliphatic carbocycles. The van der Waals surface area contributed by atoms with E-state index in [1.807, 2.05) is 6.92 Å². The maximum atomic E-state index is 13.1. The fraction of sp³-hybridized carbons (Fsp3) is 0.304. The molecule has 5 aromatic rings. The zero-order valence-corrected chi connectivity index (χ0v) is 19.3. The topological polar surface area (TPSA) is 151 Å². The highest BCUT2D eigenvalue weighted by molar-refractivity contribution is 6.04. The number of hydrogen-bond donors (Lipinski definition) is 1. The lowest BCUT2D eigenvalue weighted by molar-refractivity contribution is 0.0462. The van der Waals surface area contributed by atoms with Gasteiger partial charge in [0.25, 0.3) is 11.3 Å². The van der Waals surface area contributed by atoms with E-state index < -0.39 is 17.2 Å². The van der Waals surface area contributed by atoms with Crippen LogP contribution >= 0.6 is 0 Å². The molecular weight excluding hydrogens is 456 g/mol. The van der Waals surface area contributed by atoms with Crippen molar-refractivity contribution in [1.82, 2.24) is 29.2 Å². The fourth-order valence-electron chi connectivity index (χ4n) is 3.96. The predicted molar refractivity (Wildman–Crippen MR) is 124 cm³/mol. The largest absolute Gasteiger partial charge is 0.463 e. The van der Waals surface area contributed by atoms with Gasteiger partial charge in [-0.15, -0.1) is 0 Å². The molecule has 35 heavy (non-hydrogen) atoms. The van der Waals surface area contributed by atoms with E-state index in [0.29, 0.717) is 34.9 Å². The molecule has 5 heterocycles. The van der Waals surface area contributed by atoms with Crippen LogP contribution in [0.4, 0.5) is 0 Å². The number of fused-ring (bicyclic) bond motifs is 2. The van der Waals surface area contributed by atoms with Gasteiger partial charge in [-0.3, -0.25) is 14.3 Å². The zero-order valence-electron chi connectivity index (χ0n) is 19.3. The molecule has 0 amide bonds. The summed E-state index contributed by atoms with van der Waals surface area (Å²) in [5.41, 5.74) is 0.665. The summed E-state index contributed by atoms with van der Waals surface area (Å²) in [6, 6.07) is 4.97. The molecule has 5 aromatic heterocycles. The number of nitrogens with zero attached hydrogens (tertiary/aromatic N) is 5. The summed E-state index contributed by atoms with van der Waals surface area (Å²) < 4.78 is 19.2. The van der Waals surface area contributed by atoms with Crippen LogP contribution in [0.5, 0.6) is 0 Å². The van der Waals surface area contributed by atoms with Crippen LogP contribution in [0.25, 0.3) is 33.7 Å². The van der Waals surface area contributed by atoms with Crippen LogP contribution in [0.2, 0.25) is 0 Å². The number of imidazole rings is 1. The highest BCUT2D eigenvalue weighted by Crippen LogP contribution is 2.28. The maximum absolute atomic E-state index is 13.1. The third kappa shape index (κ3) is 3.82. The molecule has 12 heteroatoms. The Kier molecular flexibility index (Phi) is 5.55. The third-order valence-corrected chi connectivity index (χ3v) is 5.78. The van der Waals surface area contributed by atoms with E-state index in [2.05, 4.69) is 20.1 Å². The van der Waals surface area contributed by atoms with E-state index in [1.54, 1.807) is 32.2 Å². The number of carbonyl (C=O) groups is 1. The Bertz CT molecular complexity index is 1670. The normalized spacial score (nSPS) is 11.5. The summed E-state index contributed by atoms with van der Waals surface area (Å²) >= 11 is 0. The average Bonchev–Trinajstić information content (AvgIpc) is 3.57. The van der Waals surface area contributed by atoms with Crippen LogP contribution in [0, 0.1) is 6.92 Å². The molecule has 0 bridgehead atoms. The molecule has 5 rings (SSSR count). The van der Waals surface area contributed by atoms with Crippen LogP contribution in [0.3, 0.4) is 0 Å². The minimum absolute atomic E-state index is 0.178. The second-order valence-electron chi connectivity index (χ2n) is 8.08. The Labute approximate surface area is 197 Å². The minimum atomic E-state index is -0.652. The first-order chi connectivity index (χ1) is 16.9. The second-order valence-corrected chi connectivity index (χ2v) is 8.08. The van der Waals surface area contributed by atoms with E-state index in [9.17, 15) is 14.4 Å². The van der Waals surface area contributed by atoms with E-state index in [1.165, 1.54) is 15.4 Å². The Morgan fingerprint density at radius 3 is 2.83 bits per heavy atom. The van der Waals surface area contributed by atoms with Crippen molar-refractivity contribution in [1.29, 1.82) is 0 Å². The summed E-state index contributed by atoms with van der Waals surface area (Å²) in [6.07, 6.45) is 3.11. The van der Waals surface area contributed by atoms with Crippen LogP contribution in [0.1, 0.15) is 41.6 Å². The summed E-state index contributed by atoms with van der Waals surface area (Å²) in [7, 11) is 1.63. The SMILES string of the molecule is CCCCn1c(=O)[nH]c(=O)c2c1nc(COC(=O)c1cc(-c3ccco3)nc3onc(C)c13)n2C. The number of furan rings is 1. The van der Waals surface area contributed by atoms with E-state index in [-0.39, 0.29) is 29.0 Å². The number of aryl methyl sites for hydroxylation is 3. The van der Waals surface area contributed by atoms with Crippen molar-refractivity contribution in [2.24, 2.45) is 7.05 Å². The zero-order chi connectivity index (χ0) is 24.7. The molecule has 0 unspecified atom stereocenters. The van der Waals surface area contributed by atoms with Crippen molar-refractivity contribution in [2.45, 2.75) is 39.8 Å². The lowest BCUT2D eigenvalue weighted by Gasteiger charge is -2.07. The van der Waals surface area contributed by atoms with Crippen molar-refractivity contribution < 1.29 is 18.5 Å². The number of H-pyrrole nitrogens is 1. The standard InChI is InChI=1S/C23H22N6O6/c1-4-5-8-29-19-18(20(30)26-23(29)32)28(3)16(25-19)11-34-22(31)13-10-14(15-7-6-9-33-15)24-21-17(13)12(2)27-35-21/h6-7,9-10H,4-5,8,11H2,1-3H3,(H,26,30,32). The molecule has 0 aliphatic heterocycles. The lowest BCUT2D eigenvalue weighted by atomic mass is 10.1. The smallest absolute Gasteiger partial charge is 0.339 e. The monoisotopic (exact) mass is 478 g/mol. The number of esters is 1. The highest BCUT2D eigenvalue weighted by atomic mass is 16.5. The number of ether oxygens (including phenoxy) is 1. The molecule has 1 N–H and O–H groups in total. The first-order valence-electron chi connectivity index (χ1n) is 11.1. The number of hydrogen-bond acceptors (Lipinski definition) is 9. The van der Waals surface area contributed by atoms with E-state index >= 15 is 0 Å². The summed E-state index contributed by atoms with van der Waals surface area (Å²) in [5.74, 6) is 0.115. The number of unbranched alkanes of at least 4 members (excludes halogenated alkanes) is 1. The first-order valence-corrected chi connectivity index (χ1v) is 11.1. The van der Waals surface area contributed by atoms with Gasteiger partial charge in [0, 0.05) is 13.6 Å². The van der Waals surface area contributed by atoms with Gasteiger partial charge in [0.15, 0.2) is 16.9 Å². The first kappa shape index (κ1) is 22.3.